The molecule has 0 radical (unpaired) electrons. The molecule has 1 aliphatic heterocycles. The molecule has 3 rings (SSSR count). The minimum Gasteiger partial charge on any atom is -0.459 e. The van der Waals surface area contributed by atoms with E-state index in [1.54, 1.807) is 13.0 Å². The van der Waals surface area contributed by atoms with E-state index in [0.29, 0.717) is 5.56 Å². The standard InChI is InChI=1S/C19H20N6O7/c1-3-30-19(27)32-15-12(8-31-9(2)26)22-17-14(16(20)23-18(21)24-17)13(15)10-5-4-6-11(7-10)25(28)29/h4-7,13H,3,8H2,1-2H3,(H5,20,21,22,23,24). The van der Waals surface area contributed by atoms with Crippen LogP contribution in [0.3, 0.4) is 0 Å². The Hall–Kier alpha value is -4.42. The Morgan fingerprint density at radius 2 is 2.00 bits per heavy atom. The Balaban J connectivity index is 2.24. The molecule has 0 saturated carbocycles. The summed E-state index contributed by atoms with van der Waals surface area (Å²) < 4.78 is 15.4. The number of nitrogens with two attached hydrogens (primary N) is 2. The number of fused-ring (bicyclic) bond motifs is 1. The Kier molecular flexibility index (Phi) is 6.37. The van der Waals surface area contributed by atoms with Gasteiger partial charge in [0.1, 0.15) is 24.0 Å². The van der Waals surface area contributed by atoms with E-state index < -0.39 is 23.0 Å². The number of benzene rings is 1. The molecule has 13 nitrogen and oxygen atoms in total. The number of rotatable bonds is 6. The predicted octanol–water partition coefficient (Wildman–Crippen LogP) is 2.05. The molecule has 1 atom stereocenters. The van der Waals surface area contributed by atoms with Crippen LogP contribution in [0.1, 0.15) is 30.9 Å². The minimum atomic E-state index is -1.03. The zero-order valence-electron chi connectivity index (χ0n) is 17.2. The van der Waals surface area contributed by atoms with Gasteiger partial charge in [-0.25, -0.2) is 4.79 Å². The van der Waals surface area contributed by atoms with Gasteiger partial charge in [-0.1, -0.05) is 12.1 Å². The summed E-state index contributed by atoms with van der Waals surface area (Å²) in [4.78, 5) is 42.4. The number of non-ortho nitro benzene ring substituents is 1. The van der Waals surface area contributed by atoms with E-state index >= 15 is 0 Å². The van der Waals surface area contributed by atoms with Gasteiger partial charge in [0.25, 0.3) is 5.69 Å². The Morgan fingerprint density at radius 3 is 2.66 bits per heavy atom. The first-order valence-electron chi connectivity index (χ1n) is 9.36. The molecule has 0 aliphatic carbocycles. The summed E-state index contributed by atoms with van der Waals surface area (Å²) in [7, 11) is 0. The lowest BCUT2D eigenvalue weighted by Crippen LogP contribution is -2.28. The number of esters is 1. The number of nitro benzene ring substituents is 1. The summed E-state index contributed by atoms with van der Waals surface area (Å²) >= 11 is 0. The molecule has 0 bridgehead atoms. The number of ether oxygens (including phenoxy) is 3. The highest BCUT2D eigenvalue weighted by molar-refractivity contribution is 5.72. The van der Waals surface area contributed by atoms with E-state index in [2.05, 4.69) is 15.3 Å². The zero-order chi connectivity index (χ0) is 23.4. The maximum absolute atomic E-state index is 12.2. The second-order valence-electron chi connectivity index (χ2n) is 6.55. The van der Waals surface area contributed by atoms with Gasteiger partial charge in [-0.3, -0.25) is 14.9 Å². The first kappa shape index (κ1) is 22.3. The van der Waals surface area contributed by atoms with E-state index in [0.717, 1.165) is 0 Å². The predicted molar refractivity (Wildman–Crippen MR) is 111 cm³/mol. The number of nitrogen functional groups attached to an aromatic ring is 2. The van der Waals surface area contributed by atoms with Crippen LogP contribution in [0.5, 0.6) is 0 Å². The fraction of sp³-hybridized carbons (Fsp3) is 0.263. The van der Waals surface area contributed by atoms with E-state index in [1.807, 2.05) is 0 Å². The second-order valence-corrected chi connectivity index (χ2v) is 6.55. The van der Waals surface area contributed by atoms with Crippen LogP contribution in [0.25, 0.3) is 0 Å². The number of aromatic nitrogens is 2. The molecular formula is C19H20N6O7. The molecule has 2 aromatic rings. The molecule has 168 valence electrons. The van der Waals surface area contributed by atoms with Crippen LogP contribution < -0.4 is 16.8 Å². The van der Waals surface area contributed by atoms with Crippen molar-refractivity contribution >= 4 is 35.4 Å². The molecule has 0 amide bonds. The Labute approximate surface area is 181 Å². The Morgan fingerprint density at radius 1 is 1.25 bits per heavy atom. The molecular weight excluding hydrogens is 424 g/mol. The van der Waals surface area contributed by atoms with Crippen molar-refractivity contribution in [3.05, 3.63) is 57.0 Å². The largest absolute Gasteiger partial charge is 0.513 e. The fourth-order valence-corrected chi connectivity index (χ4v) is 3.17. The number of nitro groups is 1. The van der Waals surface area contributed by atoms with Gasteiger partial charge in [0, 0.05) is 19.1 Å². The minimum absolute atomic E-state index is 0.0343. The van der Waals surface area contributed by atoms with E-state index in [1.165, 1.54) is 25.1 Å². The number of anilines is 3. The van der Waals surface area contributed by atoms with Crippen LogP contribution in [0.15, 0.2) is 35.7 Å². The van der Waals surface area contributed by atoms with Gasteiger partial charge in [-0.15, -0.1) is 0 Å². The topological polar surface area (TPSA) is 195 Å². The smallest absolute Gasteiger partial charge is 0.459 e. The van der Waals surface area contributed by atoms with Crippen LogP contribution in [-0.2, 0) is 19.0 Å². The number of carbonyl (C=O) groups excluding carboxylic acids is 2. The number of nitrogens with one attached hydrogen (secondary N) is 1. The second kappa shape index (κ2) is 9.16. The summed E-state index contributed by atoms with van der Waals surface area (Å²) in [5.74, 6) is -1.60. The lowest BCUT2D eigenvalue weighted by molar-refractivity contribution is -0.384. The van der Waals surface area contributed by atoms with Crippen molar-refractivity contribution in [3.63, 3.8) is 0 Å². The quantitative estimate of drug-likeness (QED) is 0.334. The average molecular weight is 444 g/mol. The molecule has 5 N–H and O–H groups in total. The van der Waals surface area contributed by atoms with Crippen molar-refractivity contribution in [2.24, 2.45) is 0 Å². The van der Waals surface area contributed by atoms with E-state index in [-0.39, 0.29) is 53.5 Å². The number of carbonyl (C=O) groups is 2. The number of allylic oxidation sites excluding steroid dienone is 1. The van der Waals surface area contributed by atoms with Gasteiger partial charge in [0.15, 0.2) is 0 Å². The molecule has 1 aromatic carbocycles. The van der Waals surface area contributed by atoms with Gasteiger partial charge in [0.2, 0.25) is 5.95 Å². The average Bonchev–Trinajstić information content (AvgIpc) is 2.72. The van der Waals surface area contributed by atoms with Crippen LogP contribution in [0.2, 0.25) is 0 Å². The monoisotopic (exact) mass is 444 g/mol. The molecule has 0 fully saturated rings. The highest BCUT2D eigenvalue weighted by Gasteiger charge is 2.37. The maximum Gasteiger partial charge on any atom is 0.513 e. The summed E-state index contributed by atoms with van der Waals surface area (Å²) in [6, 6.07) is 5.66. The summed E-state index contributed by atoms with van der Waals surface area (Å²) in [6.45, 7) is 2.52. The third-order valence-corrected chi connectivity index (χ3v) is 4.40. The molecule has 1 aromatic heterocycles. The Bertz CT molecular complexity index is 1120. The molecule has 32 heavy (non-hydrogen) atoms. The molecule has 1 unspecified atom stereocenters. The molecule has 0 saturated heterocycles. The highest BCUT2D eigenvalue weighted by Crippen LogP contribution is 2.44. The third-order valence-electron chi connectivity index (χ3n) is 4.40. The lowest BCUT2D eigenvalue weighted by atomic mass is 9.86. The van der Waals surface area contributed by atoms with E-state index in [9.17, 15) is 19.7 Å². The van der Waals surface area contributed by atoms with Crippen LogP contribution >= 0.6 is 0 Å². The first-order valence-corrected chi connectivity index (χ1v) is 9.36. The van der Waals surface area contributed by atoms with Gasteiger partial charge in [-0.05, 0) is 12.5 Å². The van der Waals surface area contributed by atoms with Crippen LogP contribution in [0, 0.1) is 10.1 Å². The highest BCUT2D eigenvalue weighted by atomic mass is 16.7. The van der Waals surface area contributed by atoms with Gasteiger partial charge in [-0.2, -0.15) is 9.97 Å². The van der Waals surface area contributed by atoms with Gasteiger partial charge >= 0.3 is 12.1 Å². The van der Waals surface area contributed by atoms with Crippen LogP contribution in [-0.4, -0.2) is 40.2 Å². The zero-order valence-corrected chi connectivity index (χ0v) is 17.2. The van der Waals surface area contributed by atoms with Crippen molar-refractivity contribution in [1.82, 2.24) is 9.97 Å². The molecule has 13 heteroatoms. The summed E-state index contributed by atoms with van der Waals surface area (Å²) in [5, 5.41) is 14.2. The normalized spacial score (nSPS) is 14.8. The van der Waals surface area contributed by atoms with Crippen molar-refractivity contribution in [2.75, 3.05) is 30.0 Å². The van der Waals surface area contributed by atoms with Crippen molar-refractivity contribution in [2.45, 2.75) is 19.8 Å². The number of hydrogen-bond donors (Lipinski definition) is 3. The SMILES string of the molecule is CCOC(=O)OC1=C(COC(C)=O)Nc2nc(N)nc(N)c2C1c1cccc([N+](=O)[O-])c1. The third kappa shape index (κ3) is 4.66. The van der Waals surface area contributed by atoms with E-state index in [4.69, 9.17) is 25.7 Å². The number of hydrogen-bond acceptors (Lipinski definition) is 12. The molecule has 2 heterocycles. The maximum atomic E-state index is 12.2. The van der Waals surface area contributed by atoms with Crippen molar-refractivity contribution < 1.29 is 28.7 Å². The van der Waals surface area contributed by atoms with Gasteiger partial charge < -0.3 is 31.0 Å². The van der Waals surface area contributed by atoms with Crippen molar-refractivity contribution in [1.29, 1.82) is 0 Å². The summed E-state index contributed by atoms with van der Waals surface area (Å²) in [5.41, 5.74) is 12.4. The van der Waals surface area contributed by atoms with Gasteiger partial charge in [0.05, 0.1) is 28.7 Å². The molecule has 1 aliphatic rings. The number of nitrogens with zero attached hydrogens (tertiary/aromatic N) is 3. The molecule has 0 spiro atoms. The first-order chi connectivity index (χ1) is 15.2. The lowest BCUT2D eigenvalue weighted by Gasteiger charge is -2.30. The van der Waals surface area contributed by atoms with Crippen molar-refractivity contribution in [3.8, 4) is 0 Å². The van der Waals surface area contributed by atoms with Crippen LogP contribution in [0.4, 0.5) is 28.1 Å². The fourth-order valence-electron chi connectivity index (χ4n) is 3.17. The summed E-state index contributed by atoms with van der Waals surface area (Å²) in [6.07, 6.45) is -1.03.